The summed E-state index contributed by atoms with van der Waals surface area (Å²) >= 11 is 0. The Hall–Kier alpha value is -1.71. The van der Waals surface area contributed by atoms with E-state index in [9.17, 15) is 14.4 Å². The molecule has 0 spiro atoms. The summed E-state index contributed by atoms with van der Waals surface area (Å²) in [6.07, 6.45) is 6.81. The number of imide groups is 1. The Morgan fingerprint density at radius 3 is 2.43 bits per heavy atom. The van der Waals surface area contributed by atoms with Crippen molar-refractivity contribution in [2.45, 2.75) is 51.9 Å². The van der Waals surface area contributed by atoms with Gasteiger partial charge in [0.05, 0.1) is 0 Å². The molecular formula is C17H23NO3. The molecular weight excluding hydrogens is 266 g/mol. The Labute approximate surface area is 125 Å². The Kier molecular flexibility index (Phi) is 5.10. The lowest BCUT2D eigenvalue weighted by Crippen LogP contribution is -2.41. The molecule has 1 saturated heterocycles. The van der Waals surface area contributed by atoms with Crippen LogP contribution in [0.2, 0.25) is 0 Å². The zero-order chi connectivity index (χ0) is 15.4. The van der Waals surface area contributed by atoms with Crippen LogP contribution >= 0.6 is 0 Å². The molecule has 1 aliphatic carbocycles. The number of piperidine rings is 1. The zero-order valence-corrected chi connectivity index (χ0v) is 12.6. The minimum Gasteiger partial charge on any atom is -0.296 e. The molecule has 1 fully saturated rings. The van der Waals surface area contributed by atoms with Crippen LogP contribution in [0.25, 0.3) is 0 Å². The fraction of sp³-hybridized carbons (Fsp3) is 0.588. The third-order valence-corrected chi connectivity index (χ3v) is 4.66. The predicted molar refractivity (Wildman–Crippen MR) is 80.4 cm³/mol. The topological polar surface area (TPSA) is 63.2 Å². The average Bonchev–Trinajstić information content (AvgIpc) is 2.47. The summed E-state index contributed by atoms with van der Waals surface area (Å²) in [7, 11) is 0. The van der Waals surface area contributed by atoms with Crippen LogP contribution in [0.4, 0.5) is 0 Å². The number of amides is 2. The van der Waals surface area contributed by atoms with E-state index < -0.39 is 0 Å². The Morgan fingerprint density at radius 2 is 1.81 bits per heavy atom. The molecule has 0 radical (unpaired) electrons. The third kappa shape index (κ3) is 3.49. The Morgan fingerprint density at radius 1 is 1.14 bits per heavy atom. The summed E-state index contributed by atoms with van der Waals surface area (Å²) in [6, 6.07) is 0. The molecule has 1 heterocycles. The molecule has 2 aliphatic rings. The van der Waals surface area contributed by atoms with Gasteiger partial charge in [0.25, 0.3) is 0 Å². The van der Waals surface area contributed by atoms with Crippen LogP contribution in [-0.4, -0.2) is 17.6 Å². The van der Waals surface area contributed by atoms with E-state index in [0.29, 0.717) is 19.3 Å². The van der Waals surface area contributed by atoms with Gasteiger partial charge in [0.15, 0.2) is 5.78 Å². The van der Waals surface area contributed by atoms with Gasteiger partial charge in [-0.2, -0.15) is 0 Å². The van der Waals surface area contributed by atoms with Crippen molar-refractivity contribution in [1.29, 1.82) is 0 Å². The van der Waals surface area contributed by atoms with Crippen molar-refractivity contribution < 1.29 is 14.4 Å². The van der Waals surface area contributed by atoms with Crippen LogP contribution in [0.3, 0.4) is 0 Å². The van der Waals surface area contributed by atoms with Crippen molar-refractivity contribution in [3.05, 3.63) is 23.8 Å². The highest BCUT2D eigenvalue weighted by molar-refractivity contribution is 6.01. The van der Waals surface area contributed by atoms with Gasteiger partial charge in [-0.05, 0) is 38.5 Å². The van der Waals surface area contributed by atoms with Crippen molar-refractivity contribution in [2.24, 2.45) is 11.8 Å². The maximum absolute atomic E-state index is 12.4. The van der Waals surface area contributed by atoms with Gasteiger partial charge in [0, 0.05) is 23.8 Å². The summed E-state index contributed by atoms with van der Waals surface area (Å²) in [5.41, 5.74) is 1.99. The van der Waals surface area contributed by atoms with E-state index in [2.05, 4.69) is 18.8 Å². The largest absolute Gasteiger partial charge is 0.296 e. The molecule has 21 heavy (non-hydrogen) atoms. The minimum atomic E-state index is -0.186. The fourth-order valence-corrected chi connectivity index (χ4v) is 3.31. The Bertz CT molecular complexity index is 504. The predicted octanol–water partition coefficient (Wildman–Crippen LogP) is 2.69. The van der Waals surface area contributed by atoms with Gasteiger partial charge in [-0.3, -0.25) is 19.7 Å². The molecule has 0 bridgehead atoms. The van der Waals surface area contributed by atoms with Crippen LogP contribution in [0.5, 0.6) is 0 Å². The van der Waals surface area contributed by atoms with Gasteiger partial charge in [-0.1, -0.05) is 25.2 Å². The maximum Gasteiger partial charge on any atom is 0.229 e. The number of carbonyl (C=O) groups is 3. The lowest BCUT2D eigenvalue weighted by molar-refractivity contribution is -0.137. The summed E-state index contributed by atoms with van der Waals surface area (Å²) in [5.74, 6) is -0.309. The van der Waals surface area contributed by atoms with Gasteiger partial charge in [-0.25, -0.2) is 0 Å². The normalized spacial score (nSPS) is 26.8. The number of hydrogen-bond donors (Lipinski definition) is 1. The third-order valence-electron chi connectivity index (χ3n) is 4.66. The number of carbonyl (C=O) groups excluding carboxylic acids is 3. The number of ketones is 1. The fourth-order valence-electron chi connectivity index (χ4n) is 3.31. The molecule has 4 nitrogen and oxygen atoms in total. The number of rotatable bonds is 5. The van der Waals surface area contributed by atoms with Crippen molar-refractivity contribution in [3.63, 3.8) is 0 Å². The monoisotopic (exact) mass is 289 g/mol. The average molecular weight is 289 g/mol. The molecule has 0 saturated carbocycles. The molecule has 114 valence electrons. The smallest absolute Gasteiger partial charge is 0.229 e. The molecule has 2 unspecified atom stereocenters. The summed E-state index contributed by atoms with van der Waals surface area (Å²) in [4.78, 5) is 35.3. The first-order valence-corrected chi connectivity index (χ1v) is 7.79. The van der Waals surface area contributed by atoms with E-state index in [4.69, 9.17) is 0 Å². The summed E-state index contributed by atoms with van der Waals surface area (Å²) in [5, 5.41) is 2.38. The zero-order valence-electron chi connectivity index (χ0n) is 12.6. The Balaban J connectivity index is 1.94. The highest BCUT2D eigenvalue weighted by Crippen LogP contribution is 2.33. The van der Waals surface area contributed by atoms with Crippen molar-refractivity contribution in [1.82, 2.24) is 5.32 Å². The highest BCUT2D eigenvalue weighted by atomic mass is 16.2. The van der Waals surface area contributed by atoms with E-state index in [0.717, 1.165) is 31.3 Å². The van der Waals surface area contributed by atoms with E-state index >= 15 is 0 Å². The highest BCUT2D eigenvalue weighted by Gasteiger charge is 2.31. The molecule has 0 aromatic rings. The molecule has 1 aliphatic heterocycles. The maximum atomic E-state index is 12.4. The molecule has 4 heteroatoms. The molecule has 0 aromatic heterocycles. The molecule has 0 aromatic carbocycles. The lowest BCUT2D eigenvalue weighted by atomic mass is 9.78. The van der Waals surface area contributed by atoms with Crippen LogP contribution in [0.15, 0.2) is 23.8 Å². The lowest BCUT2D eigenvalue weighted by Gasteiger charge is -2.26. The molecule has 2 amide bonds. The standard InChI is InChI=1S/C17H23NO3/c1-3-11-5-6-12(16(20)14(11)4-2)7-8-13-9-10-15(19)18-17(13)21/h4,12-13H,2-3,5-10H2,1H3,(H,18,19,21). The van der Waals surface area contributed by atoms with E-state index in [1.807, 2.05) is 0 Å². The first-order valence-electron chi connectivity index (χ1n) is 7.79. The molecule has 2 atom stereocenters. The number of nitrogens with one attached hydrogen (secondary N) is 1. The second-order valence-corrected chi connectivity index (χ2v) is 5.90. The van der Waals surface area contributed by atoms with Gasteiger partial charge >= 0.3 is 0 Å². The van der Waals surface area contributed by atoms with Crippen molar-refractivity contribution in [3.8, 4) is 0 Å². The van der Waals surface area contributed by atoms with Crippen LogP contribution < -0.4 is 5.32 Å². The van der Waals surface area contributed by atoms with Crippen molar-refractivity contribution in [2.75, 3.05) is 0 Å². The van der Waals surface area contributed by atoms with Crippen LogP contribution in [0.1, 0.15) is 51.9 Å². The first kappa shape index (κ1) is 15.7. The van der Waals surface area contributed by atoms with Gasteiger partial charge in [0.2, 0.25) is 11.8 Å². The van der Waals surface area contributed by atoms with Crippen LogP contribution in [-0.2, 0) is 14.4 Å². The van der Waals surface area contributed by atoms with Gasteiger partial charge in [-0.15, -0.1) is 0 Å². The number of allylic oxidation sites excluding steroid dienone is 3. The van der Waals surface area contributed by atoms with Gasteiger partial charge in [0.1, 0.15) is 0 Å². The first-order chi connectivity index (χ1) is 10.1. The second kappa shape index (κ2) is 6.83. The second-order valence-electron chi connectivity index (χ2n) is 5.90. The van der Waals surface area contributed by atoms with E-state index in [1.54, 1.807) is 6.08 Å². The minimum absolute atomic E-state index is 0.00118. The summed E-state index contributed by atoms with van der Waals surface area (Å²) < 4.78 is 0. The molecule has 1 N–H and O–H groups in total. The van der Waals surface area contributed by atoms with E-state index in [1.165, 1.54) is 5.57 Å². The number of hydrogen-bond acceptors (Lipinski definition) is 3. The van der Waals surface area contributed by atoms with Crippen LogP contribution in [0, 0.1) is 11.8 Å². The number of Topliss-reactive ketones (excluding diaryl/α,β-unsaturated/α-hetero) is 1. The quantitative estimate of drug-likeness (QED) is 0.791. The molecule has 2 rings (SSSR count). The van der Waals surface area contributed by atoms with E-state index in [-0.39, 0.29) is 29.4 Å². The summed E-state index contributed by atoms with van der Waals surface area (Å²) in [6.45, 7) is 5.82. The van der Waals surface area contributed by atoms with Gasteiger partial charge < -0.3 is 0 Å². The van der Waals surface area contributed by atoms with Crippen molar-refractivity contribution >= 4 is 17.6 Å². The SMILES string of the molecule is C=CC1=C(CC)CCC(CCC2CCC(=O)NC2=O)C1=O.